The van der Waals surface area contributed by atoms with Gasteiger partial charge in [-0.3, -0.25) is 4.79 Å². The highest BCUT2D eigenvalue weighted by atomic mass is 16.7. The molecule has 1 unspecified atom stereocenters. The Morgan fingerprint density at radius 1 is 1.32 bits per heavy atom. The number of hydrogen-bond acceptors (Lipinski definition) is 4. The summed E-state index contributed by atoms with van der Waals surface area (Å²) in [5.41, 5.74) is 0.366. The van der Waals surface area contributed by atoms with Crippen LogP contribution in [0, 0.1) is 23.7 Å². The van der Waals surface area contributed by atoms with Gasteiger partial charge in [-0.1, -0.05) is 6.58 Å². The number of carbonyl (C=O) groups excluding carboxylic acids is 2. The monoisotopic (exact) mass is 264 g/mol. The predicted molar refractivity (Wildman–Crippen MR) is 68.1 cm³/mol. The summed E-state index contributed by atoms with van der Waals surface area (Å²) in [7, 11) is 0. The van der Waals surface area contributed by atoms with Crippen molar-refractivity contribution in [3.8, 4) is 0 Å². The lowest BCUT2D eigenvalue weighted by Gasteiger charge is -2.52. The van der Waals surface area contributed by atoms with E-state index >= 15 is 0 Å². The van der Waals surface area contributed by atoms with E-state index in [2.05, 4.69) is 6.58 Å². The van der Waals surface area contributed by atoms with Crippen LogP contribution in [0.2, 0.25) is 0 Å². The minimum Gasteiger partial charge on any atom is -0.435 e. The van der Waals surface area contributed by atoms with E-state index in [0.29, 0.717) is 23.2 Å². The molecule has 4 fully saturated rings. The van der Waals surface area contributed by atoms with Gasteiger partial charge in [0.15, 0.2) is 6.79 Å². The van der Waals surface area contributed by atoms with Gasteiger partial charge in [0.25, 0.3) is 0 Å². The van der Waals surface area contributed by atoms with Crippen LogP contribution in [0.4, 0.5) is 0 Å². The maximum atomic E-state index is 12.2. The van der Waals surface area contributed by atoms with Crippen molar-refractivity contribution < 1.29 is 19.1 Å². The molecule has 4 aliphatic rings. The van der Waals surface area contributed by atoms with Crippen LogP contribution in [0.3, 0.4) is 0 Å². The Balaban J connectivity index is 1.58. The van der Waals surface area contributed by atoms with Gasteiger partial charge in [0.05, 0.1) is 6.10 Å². The Kier molecular flexibility index (Phi) is 3.21. The van der Waals surface area contributed by atoms with Crippen molar-refractivity contribution in [1.82, 2.24) is 0 Å². The summed E-state index contributed by atoms with van der Waals surface area (Å²) in [6, 6.07) is 0. The third kappa shape index (κ3) is 2.22. The quantitative estimate of drug-likeness (QED) is 0.443. The summed E-state index contributed by atoms with van der Waals surface area (Å²) in [6.45, 7) is 5.06. The second-order valence-electron chi connectivity index (χ2n) is 6.24. The van der Waals surface area contributed by atoms with E-state index in [1.165, 1.54) is 6.42 Å². The lowest BCUT2D eigenvalue weighted by molar-refractivity contribution is -0.186. The standard InChI is InChI=1S/C15H20O4/c1-8(2)15(17)19-7-18-14-11-4-9-3-10(6-11)13(16)12(14)5-9/h9-12,14H,1,3-7H2,2H3/t9-,10+,11-,12+,14?/m0/s1. The van der Waals surface area contributed by atoms with Crippen molar-refractivity contribution in [2.24, 2.45) is 23.7 Å². The van der Waals surface area contributed by atoms with E-state index < -0.39 is 5.97 Å². The lowest BCUT2D eigenvalue weighted by Crippen LogP contribution is -2.55. The number of carbonyl (C=O) groups is 2. The number of ketones is 1. The minimum atomic E-state index is -0.435. The van der Waals surface area contributed by atoms with Crippen LogP contribution in [0.25, 0.3) is 0 Å². The second kappa shape index (κ2) is 4.75. The van der Waals surface area contributed by atoms with Crippen LogP contribution in [-0.4, -0.2) is 24.6 Å². The fraction of sp³-hybridized carbons (Fsp3) is 0.733. The molecule has 0 N–H and O–H groups in total. The van der Waals surface area contributed by atoms with E-state index in [1.54, 1.807) is 6.92 Å². The van der Waals surface area contributed by atoms with E-state index in [0.717, 1.165) is 19.3 Å². The van der Waals surface area contributed by atoms with Crippen molar-refractivity contribution >= 4 is 11.8 Å². The molecular weight excluding hydrogens is 244 g/mol. The van der Waals surface area contributed by atoms with Gasteiger partial charge in [-0.15, -0.1) is 0 Å². The average Bonchev–Trinajstić information content (AvgIpc) is 2.37. The fourth-order valence-electron chi connectivity index (χ4n) is 4.12. The molecule has 0 saturated heterocycles. The normalized spacial score (nSPS) is 39.4. The highest BCUT2D eigenvalue weighted by molar-refractivity contribution is 5.87. The highest BCUT2D eigenvalue weighted by Gasteiger charge is 2.53. The zero-order valence-corrected chi connectivity index (χ0v) is 11.3. The maximum absolute atomic E-state index is 12.2. The summed E-state index contributed by atoms with van der Waals surface area (Å²) in [6.07, 6.45) is 4.14. The number of Topliss-reactive ketones (excluding diaryl/α,β-unsaturated/α-hetero) is 1. The van der Waals surface area contributed by atoms with E-state index in [9.17, 15) is 9.59 Å². The summed E-state index contributed by atoms with van der Waals surface area (Å²) in [5, 5.41) is 0. The third-order valence-electron chi connectivity index (χ3n) is 4.86. The van der Waals surface area contributed by atoms with Crippen molar-refractivity contribution in [1.29, 1.82) is 0 Å². The van der Waals surface area contributed by atoms with Gasteiger partial charge in [-0.05, 0) is 44.4 Å². The molecular formula is C15H20O4. The molecule has 19 heavy (non-hydrogen) atoms. The van der Waals surface area contributed by atoms with Gasteiger partial charge < -0.3 is 9.47 Å². The van der Waals surface area contributed by atoms with E-state index in [1.807, 2.05) is 0 Å². The molecule has 4 rings (SSSR count). The highest BCUT2D eigenvalue weighted by Crippen LogP contribution is 2.52. The van der Waals surface area contributed by atoms with Gasteiger partial charge >= 0.3 is 5.97 Å². The summed E-state index contributed by atoms with van der Waals surface area (Å²) in [5.74, 6) is 1.45. The first-order valence-corrected chi connectivity index (χ1v) is 7.04. The molecule has 4 bridgehead atoms. The van der Waals surface area contributed by atoms with Crippen LogP contribution >= 0.6 is 0 Å². The topological polar surface area (TPSA) is 52.6 Å². The molecule has 0 spiro atoms. The lowest BCUT2D eigenvalue weighted by atomic mass is 9.54. The van der Waals surface area contributed by atoms with Gasteiger partial charge in [-0.25, -0.2) is 4.79 Å². The average molecular weight is 264 g/mol. The molecule has 0 aromatic heterocycles. The Hall–Kier alpha value is -1.16. The SMILES string of the molecule is C=C(C)C(=O)OCOC1[C@H]2C[C@@H]3C[C@H](C2)C(=O)[C@H]1C3. The second-order valence-corrected chi connectivity index (χ2v) is 6.24. The first-order valence-electron chi connectivity index (χ1n) is 7.04. The summed E-state index contributed by atoms with van der Waals surface area (Å²) >= 11 is 0. The van der Waals surface area contributed by atoms with Gasteiger partial charge in [-0.2, -0.15) is 0 Å². The van der Waals surface area contributed by atoms with E-state index in [-0.39, 0.29) is 24.7 Å². The number of rotatable bonds is 4. The molecule has 4 heteroatoms. The molecule has 4 aliphatic carbocycles. The van der Waals surface area contributed by atoms with Gasteiger partial charge in [0, 0.05) is 17.4 Å². The van der Waals surface area contributed by atoms with Gasteiger partial charge in [0.2, 0.25) is 0 Å². The summed E-state index contributed by atoms with van der Waals surface area (Å²) < 4.78 is 10.7. The third-order valence-corrected chi connectivity index (χ3v) is 4.86. The molecule has 0 aromatic carbocycles. The van der Waals surface area contributed by atoms with Crippen LogP contribution in [-0.2, 0) is 19.1 Å². The van der Waals surface area contributed by atoms with Crippen molar-refractivity contribution in [2.45, 2.75) is 38.7 Å². The van der Waals surface area contributed by atoms with Gasteiger partial charge in [0.1, 0.15) is 5.78 Å². The van der Waals surface area contributed by atoms with Crippen molar-refractivity contribution in [2.75, 3.05) is 6.79 Å². The molecule has 4 saturated carbocycles. The Bertz CT molecular complexity index is 428. The molecule has 0 amide bonds. The fourth-order valence-corrected chi connectivity index (χ4v) is 4.12. The predicted octanol–water partition coefficient (Wildman–Crippen LogP) is 2.08. The Morgan fingerprint density at radius 2 is 2.11 bits per heavy atom. The maximum Gasteiger partial charge on any atom is 0.335 e. The first-order chi connectivity index (χ1) is 9.06. The van der Waals surface area contributed by atoms with Crippen LogP contribution in [0.5, 0.6) is 0 Å². The Labute approximate surface area is 113 Å². The first kappa shape index (κ1) is 12.9. The summed E-state index contributed by atoms with van der Waals surface area (Å²) in [4.78, 5) is 23.5. The molecule has 0 radical (unpaired) electrons. The minimum absolute atomic E-state index is 0.0415. The molecule has 104 valence electrons. The smallest absolute Gasteiger partial charge is 0.335 e. The molecule has 0 heterocycles. The largest absolute Gasteiger partial charge is 0.435 e. The molecule has 0 aromatic rings. The van der Waals surface area contributed by atoms with Crippen LogP contribution < -0.4 is 0 Å². The zero-order chi connectivity index (χ0) is 13.6. The number of hydrogen-bond donors (Lipinski definition) is 0. The molecule has 0 aliphatic heterocycles. The van der Waals surface area contributed by atoms with Crippen LogP contribution in [0.15, 0.2) is 12.2 Å². The van der Waals surface area contributed by atoms with E-state index in [4.69, 9.17) is 9.47 Å². The Morgan fingerprint density at radius 3 is 2.84 bits per heavy atom. The zero-order valence-electron chi connectivity index (χ0n) is 11.3. The van der Waals surface area contributed by atoms with Crippen molar-refractivity contribution in [3.63, 3.8) is 0 Å². The number of ether oxygens (including phenoxy) is 2. The molecule has 4 nitrogen and oxygen atoms in total. The molecule has 5 atom stereocenters. The number of esters is 1. The van der Waals surface area contributed by atoms with Crippen LogP contribution in [0.1, 0.15) is 32.6 Å². The van der Waals surface area contributed by atoms with Crippen molar-refractivity contribution in [3.05, 3.63) is 12.2 Å².